The molecule has 0 fully saturated rings. The third-order valence-electron chi connectivity index (χ3n) is 4.52. The van der Waals surface area contributed by atoms with Gasteiger partial charge < -0.3 is 10.1 Å². The third kappa shape index (κ3) is 5.93. The highest BCUT2D eigenvalue weighted by Gasteiger charge is 2.20. The van der Waals surface area contributed by atoms with Crippen molar-refractivity contribution in [3.8, 4) is 0 Å². The number of carbonyl (C=O) groups is 1. The van der Waals surface area contributed by atoms with Crippen LogP contribution in [0.15, 0.2) is 29.8 Å². The molecule has 1 aliphatic rings. The van der Waals surface area contributed by atoms with Crippen LogP contribution in [-0.4, -0.2) is 49.0 Å². The van der Waals surface area contributed by atoms with Gasteiger partial charge in [-0.3, -0.25) is 19.8 Å². The van der Waals surface area contributed by atoms with Crippen molar-refractivity contribution in [1.82, 2.24) is 10.2 Å². The molecule has 0 saturated carbocycles. The summed E-state index contributed by atoms with van der Waals surface area (Å²) in [7, 11) is 1.52. The highest BCUT2D eigenvalue weighted by molar-refractivity contribution is 5.98. The van der Waals surface area contributed by atoms with Crippen LogP contribution >= 0.6 is 0 Å². The first-order chi connectivity index (χ1) is 12.5. The number of hydrogen-bond acceptors (Lipinski definition) is 5. The summed E-state index contributed by atoms with van der Waals surface area (Å²) in [5, 5.41) is 14.0. The molecule has 0 spiro atoms. The second-order valence-electron chi connectivity index (χ2n) is 6.61. The maximum absolute atomic E-state index is 12.3. The molecule has 0 aliphatic carbocycles. The smallest absolute Gasteiger partial charge is 0.282 e. The number of unbranched alkanes of at least 4 members (excludes halogenated alkanes) is 1. The largest absolute Gasteiger partial charge is 0.380 e. The fourth-order valence-electron chi connectivity index (χ4n) is 2.95. The number of nitrogens with zero attached hydrogens (tertiary/aromatic N) is 2. The van der Waals surface area contributed by atoms with Crippen molar-refractivity contribution in [3.05, 3.63) is 51.1 Å². The number of ether oxygens (including phenoxy) is 1. The summed E-state index contributed by atoms with van der Waals surface area (Å²) in [6.45, 7) is 6.04. The maximum atomic E-state index is 12.3. The minimum atomic E-state index is -0.528. The zero-order valence-electron chi connectivity index (χ0n) is 15.5. The Kier molecular flexibility index (Phi) is 7.74. The molecule has 0 atom stereocenters. The SMILES string of the molecule is COCc1ccc(C(=O)NCCCCN2CC=C(C)CC2)c([N+](=O)[O-])c1. The summed E-state index contributed by atoms with van der Waals surface area (Å²) < 4.78 is 4.98. The molecule has 1 amide bonds. The molecular formula is C19H27N3O4. The molecule has 1 aliphatic heterocycles. The lowest BCUT2D eigenvalue weighted by Gasteiger charge is -2.25. The Morgan fingerprint density at radius 2 is 2.19 bits per heavy atom. The van der Waals surface area contributed by atoms with Gasteiger partial charge in [-0.1, -0.05) is 17.7 Å². The van der Waals surface area contributed by atoms with Crippen LogP contribution in [-0.2, 0) is 11.3 Å². The molecular weight excluding hydrogens is 334 g/mol. The monoisotopic (exact) mass is 361 g/mol. The lowest BCUT2D eigenvalue weighted by molar-refractivity contribution is -0.385. The van der Waals surface area contributed by atoms with Crippen LogP contribution in [0.2, 0.25) is 0 Å². The number of hydrogen-bond donors (Lipinski definition) is 1. The zero-order chi connectivity index (χ0) is 18.9. The summed E-state index contributed by atoms with van der Waals surface area (Å²) in [5.74, 6) is -0.405. The molecule has 1 N–H and O–H groups in total. The quantitative estimate of drug-likeness (QED) is 0.316. The Hall–Kier alpha value is -2.25. The number of nitro benzene ring substituents is 1. The number of carbonyl (C=O) groups excluding carboxylic acids is 1. The molecule has 0 saturated heterocycles. The average molecular weight is 361 g/mol. The Morgan fingerprint density at radius 1 is 1.38 bits per heavy atom. The summed E-state index contributed by atoms with van der Waals surface area (Å²) in [5.41, 5.74) is 2.02. The van der Waals surface area contributed by atoms with E-state index in [0.29, 0.717) is 12.1 Å². The number of amides is 1. The molecule has 0 aromatic heterocycles. The van der Waals surface area contributed by atoms with Crippen LogP contribution in [0, 0.1) is 10.1 Å². The van der Waals surface area contributed by atoms with Crippen molar-refractivity contribution in [3.63, 3.8) is 0 Å². The lowest BCUT2D eigenvalue weighted by atomic mass is 10.1. The van der Waals surface area contributed by atoms with E-state index in [9.17, 15) is 14.9 Å². The van der Waals surface area contributed by atoms with Gasteiger partial charge in [-0.25, -0.2) is 0 Å². The number of methoxy groups -OCH3 is 1. The van der Waals surface area contributed by atoms with Crippen molar-refractivity contribution in [1.29, 1.82) is 0 Å². The second-order valence-corrected chi connectivity index (χ2v) is 6.61. The molecule has 1 aromatic rings. The normalized spacial score (nSPS) is 14.8. The van der Waals surface area contributed by atoms with Crippen LogP contribution < -0.4 is 5.32 Å². The van der Waals surface area contributed by atoms with E-state index in [1.807, 2.05) is 0 Å². The highest BCUT2D eigenvalue weighted by Crippen LogP contribution is 2.21. The van der Waals surface area contributed by atoms with Gasteiger partial charge in [0.2, 0.25) is 0 Å². The first kappa shape index (κ1) is 20.1. The van der Waals surface area contributed by atoms with Gasteiger partial charge in [0.25, 0.3) is 11.6 Å². The van der Waals surface area contributed by atoms with Crippen LogP contribution in [0.1, 0.15) is 42.1 Å². The Bertz CT molecular complexity index is 673. The van der Waals surface area contributed by atoms with E-state index in [1.165, 1.54) is 24.8 Å². The highest BCUT2D eigenvalue weighted by atomic mass is 16.6. The molecule has 0 bridgehead atoms. The van der Waals surface area contributed by atoms with Crippen molar-refractivity contribution < 1.29 is 14.5 Å². The topological polar surface area (TPSA) is 84.7 Å². The summed E-state index contributed by atoms with van der Waals surface area (Å²) >= 11 is 0. The first-order valence-electron chi connectivity index (χ1n) is 8.93. The minimum absolute atomic E-state index is 0.0893. The molecule has 2 rings (SSSR count). The number of benzene rings is 1. The van der Waals surface area contributed by atoms with E-state index in [2.05, 4.69) is 23.2 Å². The first-order valence-corrected chi connectivity index (χ1v) is 8.93. The third-order valence-corrected chi connectivity index (χ3v) is 4.52. The number of rotatable bonds is 9. The Morgan fingerprint density at radius 3 is 2.85 bits per heavy atom. The minimum Gasteiger partial charge on any atom is -0.380 e. The van der Waals surface area contributed by atoms with Gasteiger partial charge in [-0.2, -0.15) is 0 Å². The van der Waals surface area contributed by atoms with Gasteiger partial charge in [0.1, 0.15) is 5.56 Å². The van der Waals surface area contributed by atoms with E-state index in [1.54, 1.807) is 6.07 Å². The van der Waals surface area contributed by atoms with Crippen LogP contribution in [0.5, 0.6) is 0 Å². The van der Waals surface area contributed by atoms with Gasteiger partial charge >= 0.3 is 0 Å². The van der Waals surface area contributed by atoms with E-state index in [0.717, 1.165) is 38.9 Å². The predicted octanol–water partition coefficient (Wildman–Crippen LogP) is 2.90. The summed E-state index contributed by atoms with van der Waals surface area (Å²) in [4.78, 5) is 25.4. The second kappa shape index (κ2) is 10.0. The summed E-state index contributed by atoms with van der Waals surface area (Å²) in [6, 6.07) is 4.56. The van der Waals surface area contributed by atoms with Crippen LogP contribution in [0.25, 0.3) is 0 Å². The van der Waals surface area contributed by atoms with Gasteiger partial charge in [0, 0.05) is 32.8 Å². The average Bonchev–Trinajstić information content (AvgIpc) is 2.63. The van der Waals surface area contributed by atoms with Crippen LogP contribution in [0.4, 0.5) is 5.69 Å². The van der Waals surface area contributed by atoms with E-state index >= 15 is 0 Å². The molecule has 0 radical (unpaired) electrons. The number of nitro groups is 1. The summed E-state index contributed by atoms with van der Waals surface area (Å²) in [6.07, 6.45) is 5.22. The van der Waals surface area contributed by atoms with Crippen molar-refractivity contribution >= 4 is 11.6 Å². The van der Waals surface area contributed by atoms with Gasteiger partial charge in [0.15, 0.2) is 0 Å². The van der Waals surface area contributed by atoms with Gasteiger partial charge in [-0.05, 0) is 44.4 Å². The molecule has 1 heterocycles. The Balaban J connectivity index is 1.79. The molecule has 7 heteroatoms. The fourth-order valence-corrected chi connectivity index (χ4v) is 2.95. The molecule has 7 nitrogen and oxygen atoms in total. The standard InChI is InChI=1S/C19H27N3O4/c1-15-7-11-21(12-8-15)10-4-3-9-20-19(23)17-6-5-16(14-26-2)13-18(17)22(24)25/h5-7,13H,3-4,8-12,14H2,1-2H3,(H,20,23). The van der Waals surface area contributed by atoms with Crippen molar-refractivity contribution in [2.24, 2.45) is 0 Å². The fraction of sp³-hybridized carbons (Fsp3) is 0.526. The van der Waals surface area contributed by atoms with E-state index in [4.69, 9.17) is 4.74 Å². The Labute approximate surface area is 154 Å². The predicted molar refractivity (Wildman–Crippen MR) is 100 cm³/mol. The van der Waals surface area contributed by atoms with Crippen molar-refractivity contribution in [2.45, 2.75) is 32.8 Å². The number of nitrogens with one attached hydrogen (secondary N) is 1. The lowest BCUT2D eigenvalue weighted by Crippen LogP contribution is -2.30. The zero-order valence-corrected chi connectivity index (χ0v) is 15.5. The van der Waals surface area contributed by atoms with E-state index in [-0.39, 0.29) is 17.9 Å². The van der Waals surface area contributed by atoms with Crippen LogP contribution in [0.3, 0.4) is 0 Å². The molecule has 142 valence electrons. The van der Waals surface area contributed by atoms with Crippen molar-refractivity contribution in [2.75, 3.05) is 33.3 Å². The molecule has 1 aromatic carbocycles. The molecule has 0 unspecified atom stereocenters. The maximum Gasteiger partial charge on any atom is 0.282 e. The van der Waals surface area contributed by atoms with Gasteiger partial charge in [0.05, 0.1) is 11.5 Å². The van der Waals surface area contributed by atoms with E-state index < -0.39 is 10.8 Å². The molecule has 26 heavy (non-hydrogen) atoms. The van der Waals surface area contributed by atoms with Gasteiger partial charge in [-0.15, -0.1) is 0 Å².